The minimum Gasteiger partial charge on any atom is -0.481 e. The molecule has 1 aromatic heterocycles. The van der Waals surface area contributed by atoms with Crippen molar-refractivity contribution in [2.45, 2.75) is 94.4 Å². The standard InChI is InChI=1S/C31H33ClF3N3O5/c32-21-4-1-3-20(30(13-14-30)31(33,34)35)25(21)28(41)38-23-15-18(27(40)36-22-5-2-6-24(22)39)11-12-19(23)26(37-38)16-7-9-17(10-8-16)29(42)43/h1,3-4,7,17-18,22,24,39H,2,5-6,8-15H2,(H,36,40)(H,42,43)/t17?,18?,22-,24-/m1/s1. The molecule has 12 heteroatoms. The summed E-state index contributed by atoms with van der Waals surface area (Å²) < 4.78 is 43.8. The summed E-state index contributed by atoms with van der Waals surface area (Å²) in [7, 11) is 0. The van der Waals surface area contributed by atoms with Gasteiger partial charge in [-0.3, -0.25) is 14.4 Å². The lowest BCUT2D eigenvalue weighted by Crippen LogP contribution is -2.44. The largest absolute Gasteiger partial charge is 0.481 e. The number of alkyl halides is 3. The fourth-order valence-corrected chi connectivity index (χ4v) is 7.28. The van der Waals surface area contributed by atoms with Crippen molar-refractivity contribution in [1.29, 1.82) is 0 Å². The number of rotatable bonds is 6. The second kappa shape index (κ2) is 11.1. The maximum atomic E-state index is 14.2. The zero-order chi connectivity index (χ0) is 30.7. The van der Waals surface area contributed by atoms with E-state index in [4.69, 9.17) is 11.6 Å². The summed E-state index contributed by atoms with van der Waals surface area (Å²) in [6, 6.07) is 3.76. The van der Waals surface area contributed by atoms with Crippen LogP contribution in [0.5, 0.6) is 0 Å². The zero-order valence-electron chi connectivity index (χ0n) is 23.4. The van der Waals surface area contributed by atoms with Crippen molar-refractivity contribution in [2.75, 3.05) is 0 Å². The first-order valence-electron chi connectivity index (χ1n) is 14.8. The highest BCUT2D eigenvalue weighted by Gasteiger charge is 2.65. The number of nitrogens with one attached hydrogen (secondary N) is 1. The summed E-state index contributed by atoms with van der Waals surface area (Å²) in [5.41, 5.74) is -0.0918. The quantitative estimate of drug-likeness (QED) is 0.408. The number of carbonyl (C=O) groups is 3. The van der Waals surface area contributed by atoms with Gasteiger partial charge in [0.25, 0.3) is 5.91 Å². The fraction of sp³-hybridized carbons (Fsp3) is 0.548. The van der Waals surface area contributed by atoms with Gasteiger partial charge in [0.2, 0.25) is 5.91 Å². The number of carboxylic acids is 1. The van der Waals surface area contributed by atoms with Crippen LogP contribution in [0.25, 0.3) is 5.57 Å². The molecule has 2 unspecified atom stereocenters. The molecule has 8 nitrogen and oxygen atoms in total. The van der Waals surface area contributed by atoms with Gasteiger partial charge in [0.05, 0.1) is 45.5 Å². The highest BCUT2D eigenvalue weighted by molar-refractivity contribution is 6.34. The van der Waals surface area contributed by atoms with Crippen molar-refractivity contribution in [3.8, 4) is 0 Å². The van der Waals surface area contributed by atoms with Crippen molar-refractivity contribution in [3.63, 3.8) is 0 Å². The van der Waals surface area contributed by atoms with E-state index in [-0.39, 0.29) is 47.4 Å². The molecule has 4 aliphatic carbocycles. The molecule has 4 aliphatic rings. The van der Waals surface area contributed by atoms with Crippen molar-refractivity contribution >= 4 is 35.0 Å². The third-order valence-electron chi connectivity index (χ3n) is 9.74. The van der Waals surface area contributed by atoms with Gasteiger partial charge in [0.15, 0.2) is 0 Å². The van der Waals surface area contributed by atoms with Gasteiger partial charge >= 0.3 is 12.1 Å². The summed E-state index contributed by atoms with van der Waals surface area (Å²) in [5.74, 6) is -2.96. The van der Waals surface area contributed by atoms with Crippen LogP contribution in [0.15, 0.2) is 24.3 Å². The second-order valence-electron chi connectivity index (χ2n) is 12.3. The molecule has 1 heterocycles. The number of benzene rings is 1. The first-order valence-corrected chi connectivity index (χ1v) is 15.2. The topological polar surface area (TPSA) is 122 Å². The van der Waals surface area contributed by atoms with Gasteiger partial charge in [-0.05, 0) is 81.4 Å². The summed E-state index contributed by atoms with van der Waals surface area (Å²) in [4.78, 5) is 39.0. The summed E-state index contributed by atoms with van der Waals surface area (Å²) >= 11 is 6.45. The third-order valence-corrected chi connectivity index (χ3v) is 10.1. The average molecular weight is 620 g/mol. The first-order chi connectivity index (χ1) is 20.4. The van der Waals surface area contributed by atoms with Crippen LogP contribution in [0, 0.1) is 11.8 Å². The van der Waals surface area contributed by atoms with E-state index in [2.05, 4.69) is 10.4 Å². The lowest BCUT2D eigenvalue weighted by molar-refractivity contribution is -0.160. The van der Waals surface area contributed by atoms with E-state index in [1.54, 1.807) is 0 Å². The molecule has 0 aliphatic heterocycles. The molecule has 1 amide bonds. The molecule has 2 aromatic rings. The Morgan fingerprint density at radius 1 is 1.07 bits per heavy atom. The number of aliphatic carboxylic acids is 1. The number of carboxylic acid groups (broad SMARTS) is 1. The van der Waals surface area contributed by atoms with Crippen LogP contribution in [-0.4, -0.2) is 56.1 Å². The van der Waals surface area contributed by atoms with Crippen LogP contribution < -0.4 is 5.32 Å². The first kappa shape index (κ1) is 29.9. The molecule has 1 aromatic carbocycles. The van der Waals surface area contributed by atoms with E-state index < -0.39 is 41.4 Å². The average Bonchev–Trinajstić information content (AvgIpc) is 3.59. The molecule has 3 N–H and O–H groups in total. The highest BCUT2D eigenvalue weighted by Crippen LogP contribution is 2.60. The van der Waals surface area contributed by atoms with Crippen LogP contribution in [0.2, 0.25) is 5.02 Å². The van der Waals surface area contributed by atoms with Crippen LogP contribution in [0.4, 0.5) is 13.2 Å². The van der Waals surface area contributed by atoms with Crippen molar-refractivity contribution < 1.29 is 37.8 Å². The lowest BCUT2D eigenvalue weighted by atomic mass is 9.82. The van der Waals surface area contributed by atoms with E-state index >= 15 is 0 Å². The number of nitrogens with zero attached hydrogens (tertiary/aromatic N) is 2. The van der Waals surface area contributed by atoms with Crippen molar-refractivity contribution in [3.05, 3.63) is 57.4 Å². The Hall–Kier alpha value is -3.18. The van der Waals surface area contributed by atoms with Crippen LogP contribution >= 0.6 is 11.6 Å². The number of aliphatic hydroxyl groups is 1. The third kappa shape index (κ3) is 5.28. The van der Waals surface area contributed by atoms with Crippen LogP contribution in [0.1, 0.15) is 90.7 Å². The Balaban J connectivity index is 1.40. The van der Waals surface area contributed by atoms with Gasteiger partial charge in [-0.1, -0.05) is 29.8 Å². The van der Waals surface area contributed by atoms with Crippen molar-refractivity contribution in [1.82, 2.24) is 15.1 Å². The Labute approximate surface area is 251 Å². The van der Waals surface area contributed by atoms with E-state index in [0.29, 0.717) is 56.3 Å². The number of fused-ring (bicyclic) bond motifs is 1. The molecule has 4 atom stereocenters. The Kier molecular flexibility index (Phi) is 7.69. The van der Waals surface area contributed by atoms with Crippen molar-refractivity contribution in [2.24, 2.45) is 11.8 Å². The highest BCUT2D eigenvalue weighted by atomic mass is 35.5. The lowest BCUT2D eigenvalue weighted by Gasteiger charge is -2.26. The predicted octanol–water partition coefficient (Wildman–Crippen LogP) is 5.22. The van der Waals surface area contributed by atoms with E-state index in [0.717, 1.165) is 22.2 Å². The molecule has 0 saturated heterocycles. The number of aromatic nitrogens is 2. The number of aliphatic hydroxyl groups excluding tert-OH is 1. The number of hydrogen-bond acceptors (Lipinski definition) is 5. The van der Waals surface area contributed by atoms with Gasteiger partial charge in [-0.15, -0.1) is 0 Å². The Morgan fingerprint density at radius 3 is 2.42 bits per heavy atom. The predicted molar refractivity (Wildman–Crippen MR) is 151 cm³/mol. The van der Waals surface area contributed by atoms with Gasteiger partial charge in [-0.25, -0.2) is 0 Å². The number of halogens is 4. The molecular weight excluding hydrogens is 587 g/mol. The molecule has 0 radical (unpaired) electrons. The zero-order valence-corrected chi connectivity index (χ0v) is 24.2. The normalized spacial score (nSPS) is 26.4. The number of hydrogen-bond donors (Lipinski definition) is 3. The second-order valence-corrected chi connectivity index (χ2v) is 12.7. The summed E-state index contributed by atoms with van der Waals surface area (Å²) in [6.45, 7) is 0. The molecule has 43 heavy (non-hydrogen) atoms. The maximum Gasteiger partial charge on any atom is 0.398 e. The van der Waals surface area contributed by atoms with Gasteiger partial charge < -0.3 is 15.5 Å². The molecule has 6 rings (SSSR count). The molecular formula is C31H33ClF3N3O5. The molecule has 0 bridgehead atoms. The van der Waals surface area contributed by atoms with Gasteiger partial charge in [0, 0.05) is 17.9 Å². The monoisotopic (exact) mass is 619 g/mol. The number of allylic oxidation sites excluding steroid dienone is 2. The molecule has 230 valence electrons. The van der Waals surface area contributed by atoms with E-state index in [1.807, 2.05) is 6.08 Å². The van der Waals surface area contributed by atoms with E-state index in [9.17, 15) is 37.8 Å². The maximum absolute atomic E-state index is 14.2. The van der Waals surface area contributed by atoms with Gasteiger partial charge in [0.1, 0.15) is 0 Å². The SMILES string of the molecule is O=C(O)C1CC=C(c2nn(C(=O)c3c(Cl)cccc3C3(C(F)(F)F)CC3)c3c2CCC(C(=O)N[C@@H]2CCC[C@H]2O)C3)CC1. The van der Waals surface area contributed by atoms with Gasteiger partial charge in [-0.2, -0.15) is 23.0 Å². The molecule has 2 fully saturated rings. The van der Waals surface area contributed by atoms with E-state index in [1.165, 1.54) is 18.2 Å². The summed E-state index contributed by atoms with van der Waals surface area (Å²) in [6.07, 6.45) is 0.566. The number of amides is 1. The molecule has 0 spiro atoms. The van der Waals surface area contributed by atoms with Crippen LogP contribution in [0.3, 0.4) is 0 Å². The Morgan fingerprint density at radius 2 is 1.81 bits per heavy atom. The summed E-state index contributed by atoms with van der Waals surface area (Å²) in [5, 5.41) is 27.1. The minimum absolute atomic E-state index is 0.106. The Bertz CT molecular complexity index is 1510. The smallest absolute Gasteiger partial charge is 0.398 e. The molecule has 2 saturated carbocycles. The van der Waals surface area contributed by atoms with Crippen LogP contribution in [-0.2, 0) is 27.8 Å². The fourth-order valence-electron chi connectivity index (χ4n) is 7.02. The number of carbonyl (C=O) groups excluding carboxylic acids is 2. The minimum atomic E-state index is -4.57.